The summed E-state index contributed by atoms with van der Waals surface area (Å²) in [5, 5.41) is 6.76. The molecule has 8 nitrogen and oxygen atoms in total. The van der Waals surface area contributed by atoms with Crippen molar-refractivity contribution in [2.75, 3.05) is 14.2 Å². The summed E-state index contributed by atoms with van der Waals surface area (Å²) < 4.78 is 5.36. The van der Waals surface area contributed by atoms with Gasteiger partial charge in [-0.05, 0) is 23.1 Å². The van der Waals surface area contributed by atoms with Gasteiger partial charge >= 0.3 is 6.09 Å². The van der Waals surface area contributed by atoms with E-state index in [2.05, 4.69) is 10.6 Å². The molecule has 0 saturated heterocycles. The van der Waals surface area contributed by atoms with Crippen LogP contribution in [0.25, 0.3) is 0 Å². The van der Waals surface area contributed by atoms with E-state index in [1.165, 1.54) is 20.2 Å². The first kappa shape index (κ1) is 28.1. The molecule has 0 radical (unpaired) electrons. The second kappa shape index (κ2) is 15.0. The number of likely N-dealkylation sites (N-methyl/N-ethyl adjacent to an activating group) is 1. The molecule has 2 N–H and O–H groups in total. The lowest BCUT2D eigenvalue weighted by molar-refractivity contribution is -0.162. The first-order valence-corrected chi connectivity index (χ1v) is 12.3. The van der Waals surface area contributed by atoms with Crippen LogP contribution in [0, 0.1) is 0 Å². The van der Waals surface area contributed by atoms with E-state index in [4.69, 9.17) is 9.57 Å². The Morgan fingerprint density at radius 3 is 1.87 bits per heavy atom. The van der Waals surface area contributed by atoms with Crippen LogP contribution in [0.3, 0.4) is 0 Å². The Hall–Kier alpha value is -4.43. The third-order valence-corrected chi connectivity index (χ3v) is 5.79. The molecule has 3 aromatic rings. The molecule has 38 heavy (non-hydrogen) atoms. The molecule has 0 bridgehead atoms. The summed E-state index contributed by atoms with van der Waals surface area (Å²) in [5.41, 5.74) is 2.69. The van der Waals surface area contributed by atoms with Gasteiger partial charge in [-0.15, -0.1) is 0 Å². The Balaban J connectivity index is 1.74. The molecule has 0 fully saturated rings. The molecule has 0 aliphatic carbocycles. The predicted octanol–water partition coefficient (Wildman–Crippen LogP) is 3.83. The summed E-state index contributed by atoms with van der Waals surface area (Å²) in [4.78, 5) is 43.3. The molecular formula is C30H33N3O5. The third-order valence-electron chi connectivity index (χ3n) is 5.79. The predicted molar refractivity (Wildman–Crippen MR) is 145 cm³/mol. The molecule has 2 unspecified atom stereocenters. The fraction of sp³-hybridized carbons (Fsp3) is 0.233. The SMILES string of the molecule is CON(C)C(=O)/C=C/C(Cc1ccccc1)NC(=O)C(Cc1ccccc1)NC(=O)OCc1ccccc1. The molecule has 0 saturated carbocycles. The zero-order chi connectivity index (χ0) is 27.2. The molecule has 198 valence electrons. The van der Waals surface area contributed by atoms with Crippen molar-refractivity contribution in [3.63, 3.8) is 0 Å². The Morgan fingerprint density at radius 1 is 0.789 bits per heavy atom. The number of alkyl carbamates (subject to hydrolysis) is 1. The highest BCUT2D eigenvalue weighted by Crippen LogP contribution is 2.09. The average molecular weight is 516 g/mol. The van der Waals surface area contributed by atoms with Gasteiger partial charge in [-0.1, -0.05) is 97.1 Å². The van der Waals surface area contributed by atoms with E-state index in [0.29, 0.717) is 6.42 Å². The number of nitrogens with zero attached hydrogens (tertiary/aromatic N) is 1. The minimum absolute atomic E-state index is 0.0842. The van der Waals surface area contributed by atoms with E-state index in [1.807, 2.05) is 91.0 Å². The molecule has 3 rings (SSSR count). The van der Waals surface area contributed by atoms with Gasteiger partial charge in [0, 0.05) is 19.5 Å². The van der Waals surface area contributed by atoms with Crippen LogP contribution in [0.4, 0.5) is 4.79 Å². The summed E-state index contributed by atoms with van der Waals surface area (Å²) in [6.45, 7) is 0.0842. The number of rotatable bonds is 12. The van der Waals surface area contributed by atoms with Crippen LogP contribution in [0.1, 0.15) is 16.7 Å². The van der Waals surface area contributed by atoms with Crippen molar-refractivity contribution in [2.45, 2.75) is 31.5 Å². The van der Waals surface area contributed by atoms with Crippen molar-refractivity contribution in [1.82, 2.24) is 15.7 Å². The maximum atomic E-state index is 13.5. The maximum Gasteiger partial charge on any atom is 0.408 e. The Morgan fingerprint density at radius 2 is 1.32 bits per heavy atom. The second-order valence-corrected chi connectivity index (χ2v) is 8.63. The van der Waals surface area contributed by atoms with Gasteiger partial charge in [-0.25, -0.2) is 9.86 Å². The highest BCUT2D eigenvalue weighted by atomic mass is 16.7. The van der Waals surface area contributed by atoms with E-state index < -0.39 is 24.1 Å². The first-order chi connectivity index (χ1) is 18.4. The average Bonchev–Trinajstić information content (AvgIpc) is 2.95. The summed E-state index contributed by atoms with van der Waals surface area (Å²) in [5.74, 6) is -0.771. The number of hydrogen-bond donors (Lipinski definition) is 2. The van der Waals surface area contributed by atoms with Crippen molar-refractivity contribution >= 4 is 17.9 Å². The number of carbonyl (C=O) groups excluding carboxylic acids is 3. The number of hydroxylamine groups is 2. The lowest BCUT2D eigenvalue weighted by Gasteiger charge is -2.22. The van der Waals surface area contributed by atoms with Gasteiger partial charge < -0.3 is 15.4 Å². The van der Waals surface area contributed by atoms with Gasteiger partial charge in [0.25, 0.3) is 5.91 Å². The zero-order valence-corrected chi connectivity index (χ0v) is 21.6. The monoisotopic (exact) mass is 515 g/mol. The summed E-state index contributed by atoms with van der Waals surface area (Å²) in [7, 11) is 2.89. The molecule has 0 aromatic heterocycles. The van der Waals surface area contributed by atoms with Crippen molar-refractivity contribution < 1.29 is 24.0 Å². The Labute approximate surface area is 223 Å². The smallest absolute Gasteiger partial charge is 0.408 e. The van der Waals surface area contributed by atoms with Crippen LogP contribution < -0.4 is 10.6 Å². The molecule has 3 amide bonds. The van der Waals surface area contributed by atoms with Gasteiger partial charge in [0.1, 0.15) is 12.6 Å². The number of benzene rings is 3. The van der Waals surface area contributed by atoms with Crippen LogP contribution in [-0.4, -0.2) is 49.2 Å². The minimum Gasteiger partial charge on any atom is -0.445 e. The van der Waals surface area contributed by atoms with E-state index in [1.54, 1.807) is 6.08 Å². The highest BCUT2D eigenvalue weighted by Gasteiger charge is 2.24. The normalized spacial score (nSPS) is 12.4. The second-order valence-electron chi connectivity index (χ2n) is 8.63. The van der Waals surface area contributed by atoms with E-state index in [0.717, 1.165) is 21.8 Å². The maximum absolute atomic E-state index is 13.5. The van der Waals surface area contributed by atoms with Gasteiger partial charge in [0.15, 0.2) is 0 Å². The number of ether oxygens (including phenoxy) is 1. The van der Waals surface area contributed by atoms with Crippen LogP contribution >= 0.6 is 0 Å². The molecule has 0 heterocycles. The summed E-state index contributed by atoms with van der Waals surface area (Å²) in [6.07, 6.45) is 2.99. The topological polar surface area (TPSA) is 97.0 Å². The van der Waals surface area contributed by atoms with Crippen LogP contribution in [0.15, 0.2) is 103 Å². The van der Waals surface area contributed by atoms with E-state index >= 15 is 0 Å². The molecule has 0 spiro atoms. The van der Waals surface area contributed by atoms with Crippen molar-refractivity contribution in [1.29, 1.82) is 0 Å². The zero-order valence-electron chi connectivity index (χ0n) is 21.6. The van der Waals surface area contributed by atoms with Crippen molar-refractivity contribution in [3.8, 4) is 0 Å². The van der Waals surface area contributed by atoms with E-state index in [9.17, 15) is 14.4 Å². The van der Waals surface area contributed by atoms with Crippen LogP contribution in [-0.2, 0) is 38.6 Å². The summed E-state index contributed by atoms with van der Waals surface area (Å²) >= 11 is 0. The molecule has 0 aliphatic rings. The Kier molecular flexibility index (Phi) is 11.1. The van der Waals surface area contributed by atoms with Gasteiger partial charge in [0.2, 0.25) is 5.91 Å². The molecule has 3 aromatic carbocycles. The van der Waals surface area contributed by atoms with Gasteiger partial charge in [-0.2, -0.15) is 0 Å². The standard InChI is InChI=1S/C30H33N3O5/c1-33(37-2)28(34)19-18-26(20-23-12-6-3-7-13-23)31-29(35)27(21-24-14-8-4-9-15-24)32-30(36)38-22-25-16-10-5-11-17-25/h3-19,26-27H,20-22H2,1-2H3,(H,31,35)(H,32,36)/b19-18+. The molecular weight excluding hydrogens is 482 g/mol. The fourth-order valence-electron chi connectivity index (χ4n) is 3.68. The summed E-state index contributed by atoms with van der Waals surface area (Å²) in [6, 6.07) is 26.9. The quantitative estimate of drug-likeness (QED) is 0.282. The first-order valence-electron chi connectivity index (χ1n) is 12.3. The third kappa shape index (κ3) is 9.55. The Bertz CT molecular complexity index is 1190. The molecule has 8 heteroatoms. The van der Waals surface area contributed by atoms with Crippen LogP contribution in [0.2, 0.25) is 0 Å². The molecule has 0 aliphatic heterocycles. The largest absolute Gasteiger partial charge is 0.445 e. The lowest BCUT2D eigenvalue weighted by atomic mass is 10.0. The van der Waals surface area contributed by atoms with E-state index in [-0.39, 0.29) is 18.9 Å². The van der Waals surface area contributed by atoms with Gasteiger partial charge in [-0.3, -0.25) is 14.4 Å². The van der Waals surface area contributed by atoms with Crippen molar-refractivity contribution in [3.05, 3.63) is 120 Å². The number of hydrogen-bond acceptors (Lipinski definition) is 5. The minimum atomic E-state index is -0.898. The molecule has 2 atom stereocenters. The highest BCUT2D eigenvalue weighted by molar-refractivity contribution is 5.88. The van der Waals surface area contributed by atoms with Crippen LogP contribution in [0.5, 0.6) is 0 Å². The number of amides is 3. The fourth-order valence-corrected chi connectivity index (χ4v) is 3.68. The van der Waals surface area contributed by atoms with Crippen molar-refractivity contribution in [2.24, 2.45) is 0 Å². The van der Waals surface area contributed by atoms with Gasteiger partial charge in [0.05, 0.1) is 13.2 Å². The number of nitrogens with one attached hydrogen (secondary N) is 2. The number of carbonyl (C=O) groups is 3. The lowest BCUT2D eigenvalue weighted by Crippen LogP contribution is -2.51.